The number of imidazole rings is 1. The zero-order valence-electron chi connectivity index (χ0n) is 10.1. The zero-order chi connectivity index (χ0) is 12.5. The molecule has 0 unspecified atom stereocenters. The molecule has 0 aliphatic rings. The standard InChI is InChI=1S/C12H14N6/c1-17-9(4-7-15-17)5-8-18-11-10(16-12(18)13)3-2-6-14-11/h2-4,6-7H,5,8H2,1H3,(H2,13,16). The molecule has 0 aliphatic heterocycles. The minimum absolute atomic E-state index is 0.505. The van der Waals surface area contributed by atoms with Crippen molar-refractivity contribution in [3.05, 3.63) is 36.3 Å². The molecule has 0 radical (unpaired) electrons. The van der Waals surface area contributed by atoms with Crippen molar-refractivity contribution < 1.29 is 0 Å². The second kappa shape index (κ2) is 4.14. The molecule has 3 aromatic heterocycles. The minimum atomic E-state index is 0.505. The monoisotopic (exact) mass is 242 g/mol. The Bertz CT molecular complexity index is 681. The highest BCUT2D eigenvalue weighted by Gasteiger charge is 2.09. The number of nitrogens with zero attached hydrogens (tertiary/aromatic N) is 5. The number of aryl methyl sites for hydroxylation is 3. The van der Waals surface area contributed by atoms with Gasteiger partial charge in [0.2, 0.25) is 5.95 Å². The van der Waals surface area contributed by atoms with E-state index >= 15 is 0 Å². The van der Waals surface area contributed by atoms with E-state index in [0.29, 0.717) is 5.95 Å². The van der Waals surface area contributed by atoms with Crippen molar-refractivity contribution in [2.24, 2.45) is 7.05 Å². The number of nitrogens with two attached hydrogens (primary N) is 1. The second-order valence-corrected chi connectivity index (χ2v) is 4.16. The van der Waals surface area contributed by atoms with E-state index in [0.717, 1.165) is 29.8 Å². The molecule has 0 spiro atoms. The first-order valence-corrected chi connectivity index (χ1v) is 5.79. The van der Waals surface area contributed by atoms with Gasteiger partial charge in [-0.2, -0.15) is 5.10 Å². The number of hydrogen-bond acceptors (Lipinski definition) is 4. The van der Waals surface area contributed by atoms with Crippen molar-refractivity contribution in [3.63, 3.8) is 0 Å². The normalized spacial score (nSPS) is 11.2. The molecule has 0 amide bonds. The van der Waals surface area contributed by atoms with Crippen molar-refractivity contribution in [1.82, 2.24) is 24.3 Å². The Balaban J connectivity index is 1.91. The lowest BCUT2D eigenvalue weighted by Crippen LogP contribution is -2.08. The summed E-state index contributed by atoms with van der Waals surface area (Å²) in [5.74, 6) is 0.505. The zero-order valence-corrected chi connectivity index (χ0v) is 10.1. The van der Waals surface area contributed by atoms with Crippen LogP contribution < -0.4 is 5.73 Å². The number of hydrogen-bond donors (Lipinski definition) is 1. The summed E-state index contributed by atoms with van der Waals surface area (Å²) in [7, 11) is 1.93. The molecular formula is C12H14N6. The van der Waals surface area contributed by atoms with Crippen LogP contribution in [0.4, 0.5) is 5.95 Å². The summed E-state index contributed by atoms with van der Waals surface area (Å²) >= 11 is 0. The van der Waals surface area contributed by atoms with E-state index in [1.807, 2.05) is 34.5 Å². The van der Waals surface area contributed by atoms with Crippen LogP contribution in [0, 0.1) is 0 Å². The molecule has 0 aliphatic carbocycles. The van der Waals surface area contributed by atoms with Crippen LogP contribution in [0.15, 0.2) is 30.6 Å². The Morgan fingerprint density at radius 2 is 2.17 bits per heavy atom. The van der Waals surface area contributed by atoms with Gasteiger partial charge in [0.15, 0.2) is 5.65 Å². The molecular weight excluding hydrogens is 228 g/mol. The fourth-order valence-corrected chi connectivity index (χ4v) is 2.07. The van der Waals surface area contributed by atoms with E-state index < -0.39 is 0 Å². The molecule has 0 saturated heterocycles. The molecule has 0 atom stereocenters. The summed E-state index contributed by atoms with van der Waals surface area (Å²) in [5.41, 5.74) is 8.74. The Kier molecular flexibility index (Phi) is 2.47. The molecule has 6 heteroatoms. The van der Waals surface area contributed by atoms with Gasteiger partial charge < -0.3 is 5.73 Å². The van der Waals surface area contributed by atoms with E-state index in [1.54, 1.807) is 12.4 Å². The molecule has 6 nitrogen and oxygen atoms in total. The Morgan fingerprint density at radius 1 is 1.28 bits per heavy atom. The average molecular weight is 242 g/mol. The maximum absolute atomic E-state index is 5.92. The third-order valence-corrected chi connectivity index (χ3v) is 3.05. The molecule has 0 aromatic carbocycles. The lowest BCUT2D eigenvalue weighted by molar-refractivity contribution is 0.648. The van der Waals surface area contributed by atoms with E-state index in [4.69, 9.17) is 5.73 Å². The molecule has 0 fully saturated rings. The maximum atomic E-state index is 5.92. The largest absolute Gasteiger partial charge is 0.369 e. The number of fused-ring (bicyclic) bond motifs is 1. The average Bonchev–Trinajstić information content (AvgIpc) is 2.90. The molecule has 3 aromatic rings. The number of pyridine rings is 1. The van der Waals surface area contributed by atoms with Gasteiger partial charge in [-0.1, -0.05) is 0 Å². The summed E-state index contributed by atoms with van der Waals surface area (Å²) in [4.78, 5) is 8.61. The van der Waals surface area contributed by atoms with Crippen LogP contribution in [0.1, 0.15) is 5.69 Å². The van der Waals surface area contributed by atoms with Gasteiger partial charge in [0.05, 0.1) is 0 Å². The number of aromatic nitrogens is 5. The maximum Gasteiger partial charge on any atom is 0.202 e. The number of rotatable bonds is 3. The minimum Gasteiger partial charge on any atom is -0.369 e. The van der Waals surface area contributed by atoms with Gasteiger partial charge in [-0.25, -0.2) is 9.97 Å². The topological polar surface area (TPSA) is 74.5 Å². The highest BCUT2D eigenvalue weighted by atomic mass is 15.3. The van der Waals surface area contributed by atoms with Gasteiger partial charge in [-0.05, 0) is 18.2 Å². The quantitative estimate of drug-likeness (QED) is 0.743. The first-order valence-electron chi connectivity index (χ1n) is 5.79. The van der Waals surface area contributed by atoms with E-state index in [9.17, 15) is 0 Å². The predicted molar refractivity (Wildman–Crippen MR) is 68.9 cm³/mol. The molecule has 0 saturated carbocycles. The Morgan fingerprint density at radius 3 is 2.94 bits per heavy atom. The van der Waals surface area contributed by atoms with Gasteiger partial charge in [0.25, 0.3) is 0 Å². The second-order valence-electron chi connectivity index (χ2n) is 4.16. The Labute approximate surface area is 104 Å². The molecule has 18 heavy (non-hydrogen) atoms. The molecule has 3 heterocycles. The third kappa shape index (κ3) is 1.71. The molecule has 92 valence electrons. The van der Waals surface area contributed by atoms with Crippen LogP contribution in [0.25, 0.3) is 11.2 Å². The molecule has 3 rings (SSSR count). The van der Waals surface area contributed by atoms with Gasteiger partial charge in [-0.3, -0.25) is 9.25 Å². The van der Waals surface area contributed by atoms with Crippen LogP contribution in [-0.4, -0.2) is 24.3 Å². The Hall–Kier alpha value is -2.37. The number of anilines is 1. The van der Waals surface area contributed by atoms with E-state index in [2.05, 4.69) is 15.1 Å². The first kappa shape index (κ1) is 10.8. The van der Waals surface area contributed by atoms with Gasteiger partial charge >= 0.3 is 0 Å². The highest BCUT2D eigenvalue weighted by molar-refractivity contribution is 5.73. The summed E-state index contributed by atoms with van der Waals surface area (Å²) in [6.45, 7) is 0.749. The van der Waals surface area contributed by atoms with E-state index in [1.165, 1.54) is 0 Å². The van der Waals surface area contributed by atoms with Crippen molar-refractivity contribution >= 4 is 17.1 Å². The van der Waals surface area contributed by atoms with Gasteiger partial charge in [0, 0.05) is 38.1 Å². The van der Waals surface area contributed by atoms with Crippen LogP contribution in [0.2, 0.25) is 0 Å². The fraction of sp³-hybridized carbons (Fsp3) is 0.250. The number of nitrogen functional groups attached to an aromatic ring is 1. The van der Waals surface area contributed by atoms with Crippen LogP contribution in [-0.2, 0) is 20.0 Å². The van der Waals surface area contributed by atoms with Crippen LogP contribution >= 0.6 is 0 Å². The summed E-state index contributed by atoms with van der Waals surface area (Å²) in [6.07, 6.45) is 4.40. The van der Waals surface area contributed by atoms with Crippen LogP contribution in [0.3, 0.4) is 0 Å². The van der Waals surface area contributed by atoms with Crippen LogP contribution in [0.5, 0.6) is 0 Å². The van der Waals surface area contributed by atoms with Crippen molar-refractivity contribution in [2.75, 3.05) is 5.73 Å². The highest BCUT2D eigenvalue weighted by Crippen LogP contribution is 2.15. The smallest absolute Gasteiger partial charge is 0.202 e. The summed E-state index contributed by atoms with van der Waals surface area (Å²) < 4.78 is 3.80. The lowest BCUT2D eigenvalue weighted by atomic mass is 10.3. The summed E-state index contributed by atoms with van der Waals surface area (Å²) in [6, 6.07) is 5.78. The molecule has 2 N–H and O–H groups in total. The first-order chi connectivity index (χ1) is 8.75. The summed E-state index contributed by atoms with van der Waals surface area (Å²) in [5, 5.41) is 4.15. The van der Waals surface area contributed by atoms with E-state index in [-0.39, 0.29) is 0 Å². The van der Waals surface area contributed by atoms with Gasteiger partial charge in [-0.15, -0.1) is 0 Å². The molecule has 0 bridgehead atoms. The van der Waals surface area contributed by atoms with Gasteiger partial charge in [0.1, 0.15) is 5.52 Å². The van der Waals surface area contributed by atoms with Crippen molar-refractivity contribution in [3.8, 4) is 0 Å². The third-order valence-electron chi connectivity index (χ3n) is 3.05. The van der Waals surface area contributed by atoms with Crippen molar-refractivity contribution in [1.29, 1.82) is 0 Å². The van der Waals surface area contributed by atoms with Crippen molar-refractivity contribution in [2.45, 2.75) is 13.0 Å². The predicted octanol–water partition coefficient (Wildman–Crippen LogP) is 0.990. The SMILES string of the molecule is Cn1nccc1CCn1c(N)nc2cccnc21. The lowest BCUT2D eigenvalue weighted by Gasteiger charge is -2.05. The fourth-order valence-electron chi connectivity index (χ4n) is 2.07.